The highest BCUT2D eigenvalue weighted by Crippen LogP contribution is 2.34. The molecule has 5 amide bonds. The number of anilines is 1. The van der Waals surface area contributed by atoms with E-state index in [1.165, 1.54) is 0 Å². The average molecular weight is 538 g/mol. The number of alkyl halides is 1. The summed E-state index contributed by atoms with van der Waals surface area (Å²) in [6, 6.07) is 4.15. The number of hydrogen-bond acceptors (Lipinski definition) is 6. The highest BCUT2D eigenvalue weighted by molar-refractivity contribution is 14.1. The van der Waals surface area contributed by atoms with E-state index < -0.39 is 29.7 Å². The van der Waals surface area contributed by atoms with Gasteiger partial charge in [-0.2, -0.15) is 0 Å². The summed E-state index contributed by atoms with van der Waals surface area (Å²) in [5.41, 5.74) is 1.09. The van der Waals surface area contributed by atoms with Crippen LogP contribution in [0.4, 0.5) is 5.69 Å². The number of carbonyl (C=O) groups excluding carboxylic acids is 5. The molecule has 2 aliphatic heterocycles. The minimum Gasteiger partial charge on any atom is -0.382 e. The highest BCUT2D eigenvalue weighted by atomic mass is 127. The molecule has 1 atom stereocenters. The second-order valence-corrected chi connectivity index (χ2v) is 8.81. The summed E-state index contributed by atoms with van der Waals surface area (Å²) in [6.07, 6.45) is 3.28. The molecule has 164 valence electrons. The van der Waals surface area contributed by atoms with Crippen LogP contribution < -0.4 is 16.0 Å². The number of amides is 5. The van der Waals surface area contributed by atoms with Gasteiger partial charge in [-0.05, 0) is 44.2 Å². The van der Waals surface area contributed by atoms with E-state index in [4.69, 9.17) is 0 Å². The largest absolute Gasteiger partial charge is 0.382 e. The third kappa shape index (κ3) is 4.17. The third-order valence-electron chi connectivity index (χ3n) is 6.17. The number of fused-ring (bicyclic) bond motifs is 1. The van der Waals surface area contributed by atoms with E-state index in [1.807, 2.05) is 0 Å². The zero-order chi connectivity index (χ0) is 22.1. The lowest BCUT2D eigenvalue weighted by Gasteiger charge is -2.29. The van der Waals surface area contributed by atoms with E-state index in [1.54, 1.807) is 18.2 Å². The summed E-state index contributed by atoms with van der Waals surface area (Å²) in [5, 5.41) is 8.43. The first-order chi connectivity index (χ1) is 14.9. The Bertz CT molecular complexity index is 957. The quantitative estimate of drug-likeness (QED) is 0.226. The summed E-state index contributed by atoms with van der Waals surface area (Å²) in [4.78, 5) is 62.8. The van der Waals surface area contributed by atoms with Crippen LogP contribution in [0.3, 0.4) is 0 Å². The van der Waals surface area contributed by atoms with Crippen molar-refractivity contribution in [1.82, 2.24) is 15.5 Å². The van der Waals surface area contributed by atoms with Gasteiger partial charge in [0.2, 0.25) is 17.7 Å². The van der Waals surface area contributed by atoms with Crippen molar-refractivity contribution in [2.75, 3.05) is 9.87 Å². The van der Waals surface area contributed by atoms with Gasteiger partial charge in [0.15, 0.2) is 0 Å². The number of hydrogen-bond donors (Lipinski definition) is 3. The molecule has 1 aromatic rings. The Labute approximate surface area is 192 Å². The molecule has 1 saturated heterocycles. The summed E-state index contributed by atoms with van der Waals surface area (Å²) in [6.45, 7) is 0. The summed E-state index contributed by atoms with van der Waals surface area (Å²) < 4.78 is 0.588. The van der Waals surface area contributed by atoms with Crippen LogP contribution in [-0.4, -0.2) is 51.1 Å². The van der Waals surface area contributed by atoms with Gasteiger partial charge >= 0.3 is 0 Å². The number of carbonyl (C=O) groups is 5. The van der Waals surface area contributed by atoms with Gasteiger partial charge in [0.25, 0.3) is 11.8 Å². The minimum absolute atomic E-state index is 0.000491. The lowest BCUT2D eigenvalue weighted by atomic mass is 9.85. The first-order valence-electron chi connectivity index (χ1n) is 10.4. The predicted octanol–water partition coefficient (Wildman–Crippen LogP) is 1.57. The molecular formula is C21H23IN4O5. The molecule has 4 rings (SSSR count). The Morgan fingerprint density at radius 3 is 2.48 bits per heavy atom. The minimum atomic E-state index is -0.982. The van der Waals surface area contributed by atoms with Crippen molar-refractivity contribution in [1.29, 1.82) is 0 Å². The molecule has 31 heavy (non-hydrogen) atoms. The number of imide groups is 2. The summed E-state index contributed by atoms with van der Waals surface area (Å²) in [5.74, 6) is -1.98. The van der Waals surface area contributed by atoms with Crippen molar-refractivity contribution in [2.24, 2.45) is 5.92 Å². The average Bonchev–Trinajstić information content (AvgIpc) is 3.00. The van der Waals surface area contributed by atoms with Crippen LogP contribution in [-0.2, 0) is 14.4 Å². The van der Waals surface area contributed by atoms with Crippen molar-refractivity contribution in [3.05, 3.63) is 29.3 Å². The molecule has 3 N–H and O–H groups in total. The monoisotopic (exact) mass is 538 g/mol. The smallest absolute Gasteiger partial charge is 0.264 e. The molecule has 0 radical (unpaired) electrons. The zero-order valence-corrected chi connectivity index (χ0v) is 18.9. The van der Waals surface area contributed by atoms with Gasteiger partial charge in [-0.3, -0.25) is 34.2 Å². The lowest BCUT2D eigenvalue weighted by molar-refractivity contribution is -0.136. The maximum Gasteiger partial charge on any atom is 0.264 e. The maximum absolute atomic E-state index is 13.2. The van der Waals surface area contributed by atoms with Crippen molar-refractivity contribution in [3.63, 3.8) is 0 Å². The fourth-order valence-corrected chi connectivity index (χ4v) is 4.94. The molecule has 0 aromatic heterocycles. The van der Waals surface area contributed by atoms with E-state index in [9.17, 15) is 24.0 Å². The second-order valence-electron chi connectivity index (χ2n) is 8.04. The Morgan fingerprint density at radius 1 is 1.06 bits per heavy atom. The zero-order valence-electron chi connectivity index (χ0n) is 16.8. The molecule has 10 heteroatoms. The van der Waals surface area contributed by atoms with Gasteiger partial charge < -0.3 is 10.6 Å². The Morgan fingerprint density at radius 2 is 1.81 bits per heavy atom. The van der Waals surface area contributed by atoms with E-state index in [2.05, 4.69) is 38.5 Å². The first-order valence-corrected chi connectivity index (χ1v) is 11.9. The molecule has 1 aliphatic carbocycles. The van der Waals surface area contributed by atoms with Crippen molar-refractivity contribution < 1.29 is 24.0 Å². The van der Waals surface area contributed by atoms with E-state index in [0.29, 0.717) is 10.2 Å². The summed E-state index contributed by atoms with van der Waals surface area (Å²) in [7, 11) is 0. The van der Waals surface area contributed by atoms with Crippen LogP contribution in [0.1, 0.15) is 59.2 Å². The maximum atomic E-state index is 13.2. The van der Waals surface area contributed by atoms with Gasteiger partial charge in [0, 0.05) is 24.1 Å². The van der Waals surface area contributed by atoms with Gasteiger partial charge in [-0.15, -0.1) is 0 Å². The molecule has 2 fully saturated rings. The molecule has 1 aromatic carbocycles. The number of nitrogens with one attached hydrogen (secondary N) is 3. The fraction of sp³-hybridized carbons (Fsp3) is 0.476. The summed E-state index contributed by atoms with van der Waals surface area (Å²) >= 11 is 2.11. The van der Waals surface area contributed by atoms with Crippen LogP contribution in [0.2, 0.25) is 0 Å². The van der Waals surface area contributed by atoms with E-state index in [0.717, 1.165) is 30.6 Å². The van der Waals surface area contributed by atoms with E-state index >= 15 is 0 Å². The topological polar surface area (TPSA) is 125 Å². The number of halogens is 1. The van der Waals surface area contributed by atoms with Gasteiger partial charge in [0.05, 0.1) is 15.7 Å². The normalized spacial score (nSPS) is 25.8. The van der Waals surface area contributed by atoms with Crippen LogP contribution in [0.5, 0.6) is 0 Å². The molecule has 2 heterocycles. The Hall–Kier alpha value is -2.50. The molecule has 3 aliphatic rings. The Kier molecular flexibility index (Phi) is 6.26. The van der Waals surface area contributed by atoms with Gasteiger partial charge in [-0.25, -0.2) is 0 Å². The molecular weight excluding hydrogens is 515 g/mol. The van der Waals surface area contributed by atoms with Crippen molar-refractivity contribution in [3.8, 4) is 0 Å². The predicted molar refractivity (Wildman–Crippen MR) is 120 cm³/mol. The number of benzene rings is 1. The molecule has 0 bridgehead atoms. The molecule has 1 saturated carbocycles. The number of rotatable bonds is 5. The van der Waals surface area contributed by atoms with Crippen molar-refractivity contribution >= 4 is 57.8 Å². The Balaban J connectivity index is 1.49. The SMILES string of the molecule is O=C1CCC(N2C(=O)c3cccc(N[C@H]4CC[C@H](C(=O)NCI)CC4)c3C2=O)C(=O)N1. The second kappa shape index (κ2) is 8.93. The number of nitrogens with zero attached hydrogens (tertiary/aromatic N) is 1. The van der Waals surface area contributed by atoms with E-state index in [-0.39, 0.29) is 41.8 Å². The van der Waals surface area contributed by atoms with Crippen molar-refractivity contribution in [2.45, 2.75) is 50.6 Å². The molecule has 1 unspecified atom stereocenters. The molecule has 9 nitrogen and oxygen atoms in total. The van der Waals surface area contributed by atoms with Crippen LogP contribution in [0, 0.1) is 5.92 Å². The number of piperidine rings is 1. The van der Waals surface area contributed by atoms with Gasteiger partial charge in [0.1, 0.15) is 6.04 Å². The fourth-order valence-electron chi connectivity index (χ4n) is 4.57. The van der Waals surface area contributed by atoms with Crippen LogP contribution >= 0.6 is 22.6 Å². The standard InChI is InChI=1S/C21H23IN4O5/c22-10-23-18(28)11-4-6-12(7-5-11)24-14-3-1-2-13-17(14)21(31)26(20(13)30)15-8-9-16(27)25-19(15)29/h1-3,11-12,15,24H,4-10H2,(H,23,28)(H,25,27,29)/t11-,12-,15?. The first kappa shape index (κ1) is 21.7. The molecule has 0 spiro atoms. The van der Waals surface area contributed by atoms with Crippen LogP contribution in [0.15, 0.2) is 18.2 Å². The van der Waals surface area contributed by atoms with Gasteiger partial charge in [-0.1, -0.05) is 28.7 Å². The van der Waals surface area contributed by atoms with Crippen LogP contribution in [0.25, 0.3) is 0 Å². The third-order valence-corrected chi connectivity index (χ3v) is 6.55. The highest BCUT2D eigenvalue weighted by Gasteiger charge is 2.45. The lowest BCUT2D eigenvalue weighted by Crippen LogP contribution is -2.54.